The highest BCUT2D eigenvalue weighted by Crippen LogP contribution is 2.13. The summed E-state index contributed by atoms with van der Waals surface area (Å²) in [6, 6.07) is 2.00. The number of nitrogens with zero attached hydrogens (tertiary/aromatic N) is 2. The monoisotopic (exact) mass is 180 g/mol. The van der Waals surface area contributed by atoms with Crippen molar-refractivity contribution in [3.8, 4) is 6.07 Å². The molecule has 3 nitrogen and oxygen atoms in total. The minimum Gasteiger partial charge on any atom is -0.391 e. The van der Waals surface area contributed by atoms with Crippen LogP contribution in [0, 0.1) is 11.3 Å². The molecule has 0 amide bonds. The predicted octanol–water partition coefficient (Wildman–Crippen LogP) is 1.56. The number of hydrogen-bond acceptors (Lipinski definition) is 4. The molecule has 0 aliphatic rings. The van der Waals surface area contributed by atoms with Gasteiger partial charge in [0.25, 0.3) is 0 Å². The smallest absolute Gasteiger partial charge is 0.116 e. The number of rotatable bonds is 3. The molecular formula is C8H8N2OS. The summed E-state index contributed by atoms with van der Waals surface area (Å²) in [5.74, 6) is 0. The molecule has 0 fully saturated rings. The van der Waals surface area contributed by atoms with E-state index in [1.165, 1.54) is 11.3 Å². The molecule has 0 saturated carbocycles. The molecule has 0 saturated heterocycles. The Labute approximate surface area is 74.6 Å². The van der Waals surface area contributed by atoms with Crippen LogP contribution in [0.3, 0.4) is 0 Å². The second kappa shape index (κ2) is 4.65. The van der Waals surface area contributed by atoms with Gasteiger partial charge in [-0.25, -0.2) is 4.98 Å². The quantitative estimate of drug-likeness (QED) is 0.768. The van der Waals surface area contributed by atoms with Gasteiger partial charge in [0.15, 0.2) is 0 Å². The van der Waals surface area contributed by atoms with Crippen molar-refractivity contribution in [2.45, 2.75) is 13.0 Å². The molecule has 1 aromatic heterocycles. The van der Waals surface area contributed by atoms with Crippen LogP contribution in [0.25, 0.3) is 6.08 Å². The summed E-state index contributed by atoms with van der Waals surface area (Å²) in [6.45, 7) is 0.0315. The van der Waals surface area contributed by atoms with Gasteiger partial charge in [-0.3, -0.25) is 0 Å². The highest BCUT2D eigenvalue weighted by Gasteiger charge is 1.95. The van der Waals surface area contributed by atoms with Crippen LogP contribution < -0.4 is 0 Å². The minimum atomic E-state index is 0.0315. The van der Waals surface area contributed by atoms with Crippen molar-refractivity contribution in [1.29, 1.82) is 5.26 Å². The molecule has 1 rings (SSSR count). The third-order valence-electron chi connectivity index (χ3n) is 1.20. The fourth-order valence-electron chi connectivity index (χ4n) is 0.685. The zero-order valence-corrected chi connectivity index (χ0v) is 7.21. The van der Waals surface area contributed by atoms with Crippen molar-refractivity contribution < 1.29 is 5.11 Å². The van der Waals surface area contributed by atoms with Crippen LogP contribution in [0.5, 0.6) is 0 Å². The topological polar surface area (TPSA) is 56.9 Å². The average molecular weight is 180 g/mol. The maximum Gasteiger partial charge on any atom is 0.116 e. The molecule has 0 spiro atoms. The fraction of sp³-hybridized carbons (Fsp3) is 0.250. The van der Waals surface area contributed by atoms with Crippen LogP contribution in [0.1, 0.15) is 16.3 Å². The van der Waals surface area contributed by atoms with Gasteiger partial charge in [0.1, 0.15) is 5.01 Å². The van der Waals surface area contributed by atoms with E-state index in [1.54, 1.807) is 18.3 Å². The summed E-state index contributed by atoms with van der Waals surface area (Å²) in [5.41, 5.74) is 0. The van der Waals surface area contributed by atoms with E-state index in [1.807, 2.05) is 6.07 Å². The van der Waals surface area contributed by atoms with Gasteiger partial charge in [-0.15, -0.1) is 11.3 Å². The molecule has 4 heteroatoms. The molecule has 1 aromatic rings. The highest BCUT2D eigenvalue weighted by molar-refractivity contribution is 7.12. The maximum atomic E-state index is 8.72. The van der Waals surface area contributed by atoms with Crippen molar-refractivity contribution in [2.24, 2.45) is 0 Å². The third-order valence-corrected chi connectivity index (χ3v) is 2.14. The van der Waals surface area contributed by atoms with Crippen LogP contribution in [-0.2, 0) is 6.61 Å². The van der Waals surface area contributed by atoms with Crippen LogP contribution in [-0.4, -0.2) is 10.1 Å². The second-order valence-electron chi connectivity index (χ2n) is 2.09. The van der Waals surface area contributed by atoms with Gasteiger partial charge in [-0.1, -0.05) is 6.08 Å². The molecule has 0 atom stereocenters. The molecule has 0 unspecified atom stereocenters. The van der Waals surface area contributed by atoms with E-state index in [-0.39, 0.29) is 6.61 Å². The van der Waals surface area contributed by atoms with E-state index >= 15 is 0 Å². The Morgan fingerprint density at radius 3 is 3.17 bits per heavy atom. The van der Waals surface area contributed by atoms with Crippen LogP contribution in [0.4, 0.5) is 0 Å². The lowest BCUT2D eigenvalue weighted by molar-refractivity contribution is 0.285. The number of hydrogen-bond donors (Lipinski definition) is 1. The Morgan fingerprint density at radius 1 is 1.75 bits per heavy atom. The summed E-state index contributed by atoms with van der Waals surface area (Å²) < 4.78 is 0. The lowest BCUT2D eigenvalue weighted by Crippen LogP contribution is -1.70. The minimum absolute atomic E-state index is 0.0315. The summed E-state index contributed by atoms with van der Waals surface area (Å²) in [5, 5.41) is 17.8. The Bertz CT molecular complexity index is 311. The zero-order valence-electron chi connectivity index (χ0n) is 6.40. The Balaban J connectivity index is 2.59. The summed E-state index contributed by atoms with van der Waals surface area (Å²) in [6.07, 6.45) is 5.57. The van der Waals surface area contributed by atoms with E-state index in [4.69, 9.17) is 10.4 Å². The van der Waals surface area contributed by atoms with Gasteiger partial charge in [-0.05, 0) is 6.08 Å². The number of allylic oxidation sites excluding steroid dienone is 1. The van der Waals surface area contributed by atoms with Gasteiger partial charge in [0.05, 0.1) is 24.0 Å². The van der Waals surface area contributed by atoms with Crippen molar-refractivity contribution in [1.82, 2.24) is 4.98 Å². The molecule has 0 radical (unpaired) electrons. The third kappa shape index (κ3) is 2.46. The predicted molar refractivity (Wildman–Crippen MR) is 47.3 cm³/mol. The Morgan fingerprint density at radius 2 is 2.58 bits per heavy atom. The highest BCUT2D eigenvalue weighted by atomic mass is 32.1. The molecule has 12 heavy (non-hydrogen) atoms. The van der Waals surface area contributed by atoms with Gasteiger partial charge in [0, 0.05) is 6.20 Å². The number of thiazole rings is 1. The number of nitriles is 1. The molecule has 0 aliphatic carbocycles. The Kier molecular flexibility index (Phi) is 3.45. The maximum absolute atomic E-state index is 8.72. The van der Waals surface area contributed by atoms with Gasteiger partial charge in [-0.2, -0.15) is 5.26 Å². The summed E-state index contributed by atoms with van der Waals surface area (Å²) in [4.78, 5) is 4.86. The standard InChI is InChI=1S/C8H8N2OS/c9-4-2-1-3-8-10-5-7(6-11)12-8/h1,3,5,11H,2,6H2. The first-order valence-corrected chi connectivity index (χ1v) is 4.27. The lowest BCUT2D eigenvalue weighted by Gasteiger charge is -1.80. The largest absolute Gasteiger partial charge is 0.391 e. The first kappa shape index (κ1) is 8.91. The first-order chi connectivity index (χ1) is 5.86. The zero-order chi connectivity index (χ0) is 8.81. The van der Waals surface area contributed by atoms with E-state index in [0.29, 0.717) is 6.42 Å². The average Bonchev–Trinajstić information content (AvgIpc) is 2.53. The molecule has 0 aliphatic heterocycles. The van der Waals surface area contributed by atoms with Crippen molar-refractivity contribution in [3.63, 3.8) is 0 Å². The molecule has 1 N–H and O–H groups in total. The Hall–Kier alpha value is -1.18. The molecule has 62 valence electrons. The number of aromatic nitrogens is 1. The molecular weight excluding hydrogens is 172 g/mol. The first-order valence-electron chi connectivity index (χ1n) is 3.46. The normalized spacial score (nSPS) is 10.3. The molecule has 0 aromatic carbocycles. The summed E-state index contributed by atoms with van der Waals surface area (Å²) in [7, 11) is 0. The van der Waals surface area contributed by atoms with E-state index in [0.717, 1.165) is 9.88 Å². The van der Waals surface area contributed by atoms with Gasteiger partial charge < -0.3 is 5.11 Å². The number of aliphatic hydroxyl groups excluding tert-OH is 1. The summed E-state index contributed by atoms with van der Waals surface area (Å²) >= 11 is 1.43. The van der Waals surface area contributed by atoms with Crippen molar-refractivity contribution in [3.05, 3.63) is 22.2 Å². The van der Waals surface area contributed by atoms with Crippen LogP contribution >= 0.6 is 11.3 Å². The van der Waals surface area contributed by atoms with E-state index < -0.39 is 0 Å². The van der Waals surface area contributed by atoms with Crippen LogP contribution in [0.2, 0.25) is 0 Å². The van der Waals surface area contributed by atoms with Crippen LogP contribution in [0.15, 0.2) is 12.3 Å². The van der Waals surface area contributed by atoms with Crippen molar-refractivity contribution >= 4 is 17.4 Å². The second-order valence-corrected chi connectivity index (χ2v) is 3.23. The molecule has 1 heterocycles. The van der Waals surface area contributed by atoms with Crippen molar-refractivity contribution in [2.75, 3.05) is 0 Å². The van der Waals surface area contributed by atoms with E-state index in [2.05, 4.69) is 4.98 Å². The van der Waals surface area contributed by atoms with Gasteiger partial charge >= 0.3 is 0 Å². The SMILES string of the molecule is N#CCC=Cc1ncc(CO)s1. The van der Waals surface area contributed by atoms with E-state index in [9.17, 15) is 0 Å². The lowest BCUT2D eigenvalue weighted by atomic mass is 10.4. The fourth-order valence-corrected chi connectivity index (χ4v) is 1.39. The number of aliphatic hydroxyl groups is 1. The van der Waals surface area contributed by atoms with Gasteiger partial charge in [0.2, 0.25) is 0 Å². The molecule has 0 bridgehead atoms.